The highest BCUT2D eigenvalue weighted by atomic mass is 16.5. The maximum Gasteiger partial charge on any atom is 0.407 e. The molecule has 1 aliphatic rings. The molecule has 196 valence electrons. The second-order valence-corrected chi connectivity index (χ2v) is 10.6. The SMILES string of the molecule is CC(C(=O)NCCc1c[nH]c2ccccc12)C1C[C@]1(C)C(NC(=O)OCc1ccccc1)c1ccccc1. The van der Waals surface area contributed by atoms with Crippen molar-refractivity contribution in [3.63, 3.8) is 0 Å². The van der Waals surface area contributed by atoms with E-state index in [0.29, 0.717) is 6.54 Å². The molecule has 38 heavy (non-hydrogen) atoms. The molecule has 4 atom stereocenters. The quantitative estimate of drug-likeness (QED) is 0.240. The van der Waals surface area contributed by atoms with Gasteiger partial charge in [0.15, 0.2) is 0 Å². The molecular weight excluding hydrogens is 474 g/mol. The molecule has 6 nitrogen and oxygen atoms in total. The molecule has 1 aliphatic carbocycles. The lowest BCUT2D eigenvalue weighted by Crippen LogP contribution is -2.37. The van der Waals surface area contributed by atoms with Crippen LogP contribution in [0.1, 0.15) is 43.0 Å². The molecule has 0 radical (unpaired) electrons. The molecule has 1 saturated carbocycles. The minimum atomic E-state index is -0.453. The molecule has 0 aliphatic heterocycles. The first-order chi connectivity index (χ1) is 18.5. The number of carbonyl (C=O) groups is 2. The molecule has 1 heterocycles. The number of alkyl carbamates (subject to hydrolysis) is 1. The van der Waals surface area contributed by atoms with Crippen LogP contribution >= 0.6 is 0 Å². The van der Waals surface area contributed by atoms with E-state index in [1.165, 1.54) is 10.9 Å². The van der Waals surface area contributed by atoms with Crippen LogP contribution < -0.4 is 10.6 Å². The summed E-state index contributed by atoms with van der Waals surface area (Å²) in [4.78, 5) is 29.2. The fourth-order valence-electron chi connectivity index (χ4n) is 5.65. The van der Waals surface area contributed by atoms with E-state index in [1.807, 2.05) is 85.9 Å². The summed E-state index contributed by atoms with van der Waals surface area (Å²) in [5.74, 6) is 0.0311. The zero-order valence-electron chi connectivity index (χ0n) is 21.9. The van der Waals surface area contributed by atoms with Gasteiger partial charge in [0.05, 0.1) is 6.04 Å². The fourth-order valence-corrected chi connectivity index (χ4v) is 5.65. The van der Waals surface area contributed by atoms with Crippen molar-refractivity contribution in [1.29, 1.82) is 0 Å². The highest BCUT2D eigenvalue weighted by molar-refractivity contribution is 5.83. The molecule has 3 aromatic carbocycles. The second-order valence-electron chi connectivity index (χ2n) is 10.6. The molecule has 4 aromatic rings. The molecule has 3 unspecified atom stereocenters. The van der Waals surface area contributed by atoms with Gasteiger partial charge in [-0.25, -0.2) is 4.79 Å². The van der Waals surface area contributed by atoms with Gasteiger partial charge in [0.1, 0.15) is 6.61 Å². The minimum absolute atomic E-state index is 0.0528. The van der Waals surface area contributed by atoms with Crippen molar-refractivity contribution >= 4 is 22.9 Å². The number of hydrogen-bond donors (Lipinski definition) is 3. The van der Waals surface area contributed by atoms with E-state index in [1.54, 1.807) is 0 Å². The number of rotatable bonds is 10. The Morgan fingerprint density at radius 3 is 2.45 bits per heavy atom. The summed E-state index contributed by atoms with van der Waals surface area (Å²) in [6, 6.07) is 27.5. The number of hydrogen-bond acceptors (Lipinski definition) is 3. The molecule has 0 bridgehead atoms. The number of nitrogens with one attached hydrogen (secondary N) is 3. The number of ether oxygens (including phenoxy) is 1. The van der Waals surface area contributed by atoms with Gasteiger partial charge in [0.25, 0.3) is 0 Å². The van der Waals surface area contributed by atoms with E-state index in [0.717, 1.165) is 29.5 Å². The Bertz CT molecular complexity index is 1380. The highest BCUT2D eigenvalue weighted by Gasteiger charge is 2.59. The van der Waals surface area contributed by atoms with E-state index in [-0.39, 0.29) is 35.8 Å². The third-order valence-corrected chi connectivity index (χ3v) is 8.00. The van der Waals surface area contributed by atoms with Crippen molar-refractivity contribution < 1.29 is 14.3 Å². The molecule has 0 saturated heterocycles. The van der Waals surface area contributed by atoms with Crippen LogP contribution in [0.3, 0.4) is 0 Å². The number of para-hydroxylation sites is 1. The minimum Gasteiger partial charge on any atom is -0.445 e. The lowest BCUT2D eigenvalue weighted by molar-refractivity contribution is -0.125. The summed E-state index contributed by atoms with van der Waals surface area (Å²) < 4.78 is 5.53. The lowest BCUT2D eigenvalue weighted by Gasteiger charge is -2.28. The van der Waals surface area contributed by atoms with Gasteiger partial charge in [0, 0.05) is 29.6 Å². The predicted molar refractivity (Wildman–Crippen MR) is 149 cm³/mol. The average molecular weight is 510 g/mol. The number of aromatic nitrogens is 1. The van der Waals surface area contributed by atoms with Gasteiger partial charge in [-0.05, 0) is 46.9 Å². The van der Waals surface area contributed by atoms with E-state index in [4.69, 9.17) is 4.74 Å². The molecule has 0 spiro atoms. The normalized spacial score (nSPS) is 19.9. The van der Waals surface area contributed by atoms with Crippen molar-refractivity contribution in [2.24, 2.45) is 17.3 Å². The molecule has 1 fully saturated rings. The zero-order valence-corrected chi connectivity index (χ0v) is 21.9. The van der Waals surface area contributed by atoms with Gasteiger partial charge in [-0.3, -0.25) is 4.79 Å². The van der Waals surface area contributed by atoms with Crippen molar-refractivity contribution in [3.05, 3.63) is 108 Å². The third kappa shape index (κ3) is 5.59. The van der Waals surface area contributed by atoms with Gasteiger partial charge in [-0.15, -0.1) is 0 Å². The Balaban J connectivity index is 1.20. The van der Waals surface area contributed by atoms with Gasteiger partial charge in [0.2, 0.25) is 5.91 Å². The van der Waals surface area contributed by atoms with Crippen LogP contribution in [-0.2, 0) is 22.6 Å². The topological polar surface area (TPSA) is 83.2 Å². The average Bonchev–Trinajstić information content (AvgIpc) is 3.48. The van der Waals surface area contributed by atoms with Crippen LogP contribution in [0, 0.1) is 17.3 Å². The Labute approximate surface area is 223 Å². The van der Waals surface area contributed by atoms with E-state index in [9.17, 15) is 9.59 Å². The van der Waals surface area contributed by atoms with Crippen LogP contribution in [0.15, 0.2) is 91.1 Å². The van der Waals surface area contributed by atoms with Gasteiger partial charge in [-0.1, -0.05) is 92.7 Å². The van der Waals surface area contributed by atoms with Crippen molar-refractivity contribution in [3.8, 4) is 0 Å². The Morgan fingerprint density at radius 2 is 1.68 bits per heavy atom. The zero-order chi connectivity index (χ0) is 26.5. The molecular formula is C32H35N3O3. The monoisotopic (exact) mass is 509 g/mol. The second kappa shape index (κ2) is 11.1. The number of amides is 2. The Kier molecular flexibility index (Phi) is 7.50. The first-order valence-electron chi connectivity index (χ1n) is 13.3. The molecule has 6 heteroatoms. The summed E-state index contributed by atoms with van der Waals surface area (Å²) in [6.07, 6.45) is 3.19. The van der Waals surface area contributed by atoms with Gasteiger partial charge >= 0.3 is 6.09 Å². The summed E-state index contributed by atoms with van der Waals surface area (Å²) in [6.45, 7) is 4.94. The Morgan fingerprint density at radius 1 is 1.00 bits per heavy atom. The molecule has 1 aromatic heterocycles. The molecule has 2 amide bonds. The summed E-state index contributed by atoms with van der Waals surface area (Å²) in [7, 11) is 0. The fraction of sp³-hybridized carbons (Fsp3) is 0.312. The van der Waals surface area contributed by atoms with Gasteiger partial charge in [-0.2, -0.15) is 0 Å². The number of benzene rings is 3. The first kappa shape index (κ1) is 25.6. The van der Waals surface area contributed by atoms with Crippen molar-refractivity contribution in [1.82, 2.24) is 15.6 Å². The summed E-state index contributed by atoms with van der Waals surface area (Å²) >= 11 is 0. The maximum absolute atomic E-state index is 13.1. The first-order valence-corrected chi connectivity index (χ1v) is 13.3. The standard InChI is InChI=1S/C32H35N3O3/c1-22(30(36)33-18-17-25-20-34-28-16-10-9-15-26(25)28)27-19-32(27,2)29(24-13-7-4-8-14-24)35-31(37)38-21-23-11-5-3-6-12-23/h3-16,20,22,27,29,34H,17-19,21H2,1-2H3,(H,33,36)(H,35,37)/t22?,27?,29?,32-/m0/s1. The number of fused-ring (bicyclic) bond motifs is 1. The lowest BCUT2D eigenvalue weighted by atomic mass is 9.86. The van der Waals surface area contributed by atoms with Gasteiger partial charge < -0.3 is 20.4 Å². The van der Waals surface area contributed by atoms with Crippen LogP contribution in [0.2, 0.25) is 0 Å². The summed E-state index contributed by atoms with van der Waals surface area (Å²) in [5.41, 5.74) is 4.01. The van der Waals surface area contributed by atoms with Crippen molar-refractivity contribution in [2.75, 3.05) is 6.54 Å². The van der Waals surface area contributed by atoms with Crippen LogP contribution in [-0.4, -0.2) is 23.5 Å². The van der Waals surface area contributed by atoms with E-state index in [2.05, 4.69) is 34.7 Å². The Hall–Kier alpha value is -4.06. The van der Waals surface area contributed by atoms with Crippen LogP contribution in [0.5, 0.6) is 0 Å². The predicted octanol–water partition coefficient (Wildman–Crippen LogP) is 6.16. The number of aromatic amines is 1. The smallest absolute Gasteiger partial charge is 0.407 e. The largest absolute Gasteiger partial charge is 0.445 e. The van der Waals surface area contributed by atoms with E-state index < -0.39 is 6.09 Å². The van der Waals surface area contributed by atoms with Crippen LogP contribution in [0.25, 0.3) is 10.9 Å². The third-order valence-electron chi connectivity index (χ3n) is 8.00. The number of H-pyrrole nitrogens is 1. The maximum atomic E-state index is 13.1. The molecule has 5 rings (SSSR count). The van der Waals surface area contributed by atoms with Crippen molar-refractivity contribution in [2.45, 2.75) is 39.3 Å². The van der Waals surface area contributed by atoms with Crippen LogP contribution in [0.4, 0.5) is 4.79 Å². The van der Waals surface area contributed by atoms with E-state index >= 15 is 0 Å². The highest BCUT2D eigenvalue weighted by Crippen LogP contribution is 2.63. The summed E-state index contributed by atoms with van der Waals surface area (Å²) in [5, 5.41) is 7.44. The number of carbonyl (C=O) groups excluding carboxylic acids is 2. The molecule has 3 N–H and O–H groups in total.